The smallest absolute Gasteiger partial charge is 0.391 e. The van der Waals surface area contributed by atoms with Crippen LogP contribution in [0.1, 0.15) is 142 Å². The highest BCUT2D eigenvalue weighted by Crippen LogP contribution is 2.43. The molecule has 0 aromatic heterocycles. The first kappa shape index (κ1) is 60.4. The Bertz CT molecular complexity index is 1540. The molecule has 3 unspecified atom stereocenters. The fraction of sp³-hybridized carbons (Fsp3) is 0.545. The molecule has 0 aliphatic heterocycles. The van der Waals surface area contributed by atoms with Gasteiger partial charge in [0.15, 0.2) is 0 Å². The van der Waals surface area contributed by atoms with Gasteiger partial charge in [-0.15, -0.1) is 0 Å². The van der Waals surface area contributed by atoms with Crippen molar-refractivity contribution in [1.29, 1.82) is 0 Å². The molecule has 1 amide bonds. The number of hydrogen-bond acceptors (Lipinski definition) is 5. The monoisotopic (exact) mass is 906 g/mol. The van der Waals surface area contributed by atoms with E-state index in [1.807, 2.05) is 21.1 Å². The fourth-order valence-electron chi connectivity index (χ4n) is 5.79. The Hall–Kier alpha value is -3.62. The molecule has 0 radical (unpaired) electrons. The van der Waals surface area contributed by atoms with Crippen molar-refractivity contribution in [1.82, 2.24) is 5.32 Å². The van der Waals surface area contributed by atoms with E-state index in [1.54, 1.807) is 0 Å². The number of allylic oxidation sites excluding steroid dienone is 24. The lowest BCUT2D eigenvalue weighted by Gasteiger charge is -2.26. The van der Waals surface area contributed by atoms with Crippen molar-refractivity contribution in [3.8, 4) is 0 Å². The molecule has 0 saturated carbocycles. The van der Waals surface area contributed by atoms with Crippen LogP contribution in [-0.4, -0.2) is 73.4 Å². The summed E-state index contributed by atoms with van der Waals surface area (Å²) in [7, 11) is 1.55. The van der Waals surface area contributed by atoms with E-state index in [1.165, 1.54) is 0 Å². The second-order valence-electron chi connectivity index (χ2n) is 16.8. The van der Waals surface area contributed by atoms with E-state index in [-0.39, 0.29) is 19.1 Å². The van der Waals surface area contributed by atoms with Crippen molar-refractivity contribution in [2.24, 2.45) is 0 Å². The zero-order valence-electron chi connectivity index (χ0n) is 40.7. The Morgan fingerprint density at radius 2 is 0.922 bits per heavy atom. The number of aliphatic hydroxyl groups excluding tert-OH is 1. The van der Waals surface area contributed by atoms with E-state index in [0.29, 0.717) is 30.3 Å². The summed E-state index contributed by atoms with van der Waals surface area (Å²) in [5.74, 6) is -0.207. The number of quaternary nitrogens is 1. The summed E-state index contributed by atoms with van der Waals surface area (Å²) in [5.41, 5.74) is 0. The minimum atomic E-state index is -4.31. The molecule has 360 valence electrons. The number of rotatable bonds is 41. The molecule has 0 aliphatic carbocycles. The van der Waals surface area contributed by atoms with Crippen molar-refractivity contribution in [3.05, 3.63) is 146 Å². The van der Waals surface area contributed by atoms with Crippen molar-refractivity contribution in [2.45, 2.75) is 154 Å². The van der Waals surface area contributed by atoms with Crippen LogP contribution in [0.3, 0.4) is 0 Å². The lowest BCUT2D eigenvalue weighted by molar-refractivity contribution is -0.870. The molecule has 0 saturated heterocycles. The van der Waals surface area contributed by atoms with E-state index in [2.05, 4.69) is 165 Å². The summed E-state index contributed by atoms with van der Waals surface area (Å²) in [4.78, 5) is 22.8. The predicted molar refractivity (Wildman–Crippen MR) is 276 cm³/mol. The Morgan fingerprint density at radius 1 is 0.547 bits per heavy atom. The molecule has 0 rings (SSSR count). The van der Waals surface area contributed by atoms with Crippen LogP contribution in [-0.2, 0) is 18.4 Å². The first-order valence-electron chi connectivity index (χ1n) is 24.2. The molecule has 0 spiro atoms. The van der Waals surface area contributed by atoms with Gasteiger partial charge in [0.2, 0.25) is 5.91 Å². The largest absolute Gasteiger partial charge is 0.472 e. The fourth-order valence-corrected chi connectivity index (χ4v) is 6.52. The van der Waals surface area contributed by atoms with Crippen LogP contribution in [0.15, 0.2) is 146 Å². The zero-order chi connectivity index (χ0) is 47.1. The normalized spacial score (nSPS) is 15.4. The minimum absolute atomic E-state index is 0.0558. The van der Waals surface area contributed by atoms with E-state index in [0.717, 1.165) is 109 Å². The third-order valence-electron chi connectivity index (χ3n) is 9.60. The Balaban J connectivity index is 4.02. The lowest BCUT2D eigenvalue weighted by Crippen LogP contribution is -2.46. The molecule has 0 fully saturated rings. The molecule has 0 bridgehead atoms. The van der Waals surface area contributed by atoms with Gasteiger partial charge in [-0.2, -0.15) is 0 Å². The third-order valence-corrected chi connectivity index (χ3v) is 10.6. The number of amides is 1. The molecule has 3 atom stereocenters. The van der Waals surface area contributed by atoms with Gasteiger partial charge >= 0.3 is 7.82 Å². The van der Waals surface area contributed by atoms with Crippen LogP contribution in [0.2, 0.25) is 0 Å². The van der Waals surface area contributed by atoms with Gasteiger partial charge in [0.25, 0.3) is 0 Å². The van der Waals surface area contributed by atoms with Crippen LogP contribution >= 0.6 is 7.82 Å². The summed E-state index contributed by atoms with van der Waals surface area (Å²) in [6.45, 7) is 4.52. The van der Waals surface area contributed by atoms with Crippen molar-refractivity contribution in [2.75, 3.05) is 40.9 Å². The van der Waals surface area contributed by atoms with Gasteiger partial charge in [-0.25, -0.2) is 4.57 Å². The summed E-state index contributed by atoms with van der Waals surface area (Å²) >= 11 is 0. The van der Waals surface area contributed by atoms with Crippen LogP contribution in [0.5, 0.6) is 0 Å². The first-order chi connectivity index (χ1) is 31.0. The van der Waals surface area contributed by atoms with Crippen molar-refractivity contribution < 1.29 is 32.9 Å². The number of nitrogens with one attached hydrogen (secondary N) is 1. The van der Waals surface area contributed by atoms with Crippen LogP contribution in [0.25, 0.3) is 0 Å². The van der Waals surface area contributed by atoms with E-state index in [4.69, 9.17) is 9.05 Å². The Kier molecular flexibility index (Phi) is 42.1. The van der Waals surface area contributed by atoms with E-state index >= 15 is 0 Å². The number of hydrogen-bond donors (Lipinski definition) is 3. The SMILES string of the molecule is CC/C=C\C/C=C\C/C=C\C/C=C\C/C=C\C/C=C\C/C=C\C/C=C\C/C=C\C/C=C\C/C=C\C/C=C\CCCCC(=O)NC(COP(=O)(O)OCC[N+](C)(C)C)C(O)CCCCC. The highest BCUT2D eigenvalue weighted by atomic mass is 31.2. The average Bonchev–Trinajstić information content (AvgIpc) is 3.25. The molecule has 64 heavy (non-hydrogen) atoms. The van der Waals surface area contributed by atoms with Gasteiger partial charge in [0, 0.05) is 6.42 Å². The number of phosphoric ester groups is 1. The maximum Gasteiger partial charge on any atom is 0.472 e. The summed E-state index contributed by atoms with van der Waals surface area (Å²) in [6.07, 6.45) is 69.9. The highest BCUT2D eigenvalue weighted by Gasteiger charge is 2.28. The lowest BCUT2D eigenvalue weighted by atomic mass is 10.0. The molecule has 8 nitrogen and oxygen atoms in total. The molecule has 0 aromatic rings. The second kappa shape index (κ2) is 44.6. The van der Waals surface area contributed by atoms with Crippen molar-refractivity contribution >= 4 is 13.7 Å². The highest BCUT2D eigenvalue weighted by molar-refractivity contribution is 7.47. The van der Waals surface area contributed by atoms with Crippen molar-refractivity contribution in [3.63, 3.8) is 0 Å². The maximum atomic E-state index is 12.7. The summed E-state index contributed by atoms with van der Waals surface area (Å²) in [6, 6.07) is -0.790. The summed E-state index contributed by atoms with van der Waals surface area (Å²) < 4.78 is 23.3. The molecule has 0 heterocycles. The molecule has 0 aromatic carbocycles. The average molecular weight is 906 g/mol. The van der Waals surface area contributed by atoms with Gasteiger partial charge < -0.3 is 19.8 Å². The quantitative estimate of drug-likeness (QED) is 0.0244. The van der Waals surface area contributed by atoms with Crippen LogP contribution in [0.4, 0.5) is 0 Å². The molecule has 3 N–H and O–H groups in total. The number of unbranched alkanes of at least 4 members (excludes halogenated alkanes) is 4. The standard InChI is InChI=1S/C55H89N2O6P/c1-6-8-10-11-12-13-14-15-16-17-18-19-20-21-22-23-24-25-26-27-28-29-30-31-32-33-34-35-36-37-38-39-40-41-42-43-44-45-47-49-55(59)56-53(54(58)48-46-9-7-2)52-63-64(60,61)62-51-50-57(3,4)5/h8,10,12-13,15-16,18-19,21-22,24-25,27-28,30-31,33-34,36-37,39-40,42-43,53-54,58H,6-7,9,11,14,17,20,23,26,29,32,35,38,41,44-52H2,1-5H3,(H-,56,59,60,61)/p+1/b10-8-,13-12-,16-15-,19-18-,22-21-,25-24-,28-27-,31-30-,34-33-,37-36-,40-39-,43-42-. The molecular formula is C55H90N2O6P+. The number of phosphoric acid groups is 1. The molecule has 0 aliphatic rings. The molecule has 9 heteroatoms. The predicted octanol–water partition coefficient (Wildman–Crippen LogP) is 14.2. The first-order valence-corrected chi connectivity index (χ1v) is 25.7. The van der Waals surface area contributed by atoms with E-state index < -0.39 is 20.0 Å². The maximum absolute atomic E-state index is 12.7. The van der Waals surface area contributed by atoms with Crippen LogP contribution < -0.4 is 5.32 Å². The van der Waals surface area contributed by atoms with E-state index in [9.17, 15) is 19.4 Å². The zero-order valence-corrected chi connectivity index (χ0v) is 41.6. The third kappa shape index (κ3) is 46.4. The number of carbonyl (C=O) groups excluding carboxylic acids is 1. The van der Waals surface area contributed by atoms with Gasteiger partial charge in [-0.1, -0.05) is 179 Å². The Labute approximate surface area is 391 Å². The minimum Gasteiger partial charge on any atom is -0.391 e. The van der Waals surface area contributed by atoms with Gasteiger partial charge in [0.1, 0.15) is 13.2 Å². The van der Waals surface area contributed by atoms with Crippen LogP contribution in [0, 0.1) is 0 Å². The second-order valence-corrected chi connectivity index (χ2v) is 18.2. The van der Waals surface area contributed by atoms with Gasteiger partial charge in [-0.3, -0.25) is 13.8 Å². The molecular weight excluding hydrogens is 816 g/mol. The number of aliphatic hydroxyl groups is 1. The Morgan fingerprint density at radius 3 is 1.28 bits per heavy atom. The van der Waals surface area contributed by atoms with Gasteiger partial charge in [0.05, 0.1) is 39.9 Å². The number of likely N-dealkylation sites (N-methyl/N-ethyl adjacent to an activating group) is 1. The van der Waals surface area contributed by atoms with Gasteiger partial charge in [-0.05, 0) is 103 Å². The topological polar surface area (TPSA) is 105 Å². The number of nitrogens with zero attached hydrogens (tertiary/aromatic N) is 1. The summed E-state index contributed by atoms with van der Waals surface area (Å²) in [5, 5.41) is 13.6. The number of carbonyl (C=O) groups is 1.